The highest BCUT2D eigenvalue weighted by molar-refractivity contribution is 5.96. The van der Waals surface area contributed by atoms with Crippen molar-refractivity contribution in [1.82, 2.24) is 20.3 Å². The van der Waals surface area contributed by atoms with Gasteiger partial charge in [0.15, 0.2) is 5.69 Å². The Bertz CT molecular complexity index is 1000. The van der Waals surface area contributed by atoms with E-state index in [4.69, 9.17) is 11.6 Å². The molecule has 1 aliphatic carbocycles. The summed E-state index contributed by atoms with van der Waals surface area (Å²) in [6.45, 7) is 12.3. The minimum Gasteiger partial charge on any atom is -0.362 e. The van der Waals surface area contributed by atoms with Gasteiger partial charge in [-0.2, -0.15) is 0 Å². The largest absolute Gasteiger partial charge is 0.362 e. The molecule has 3 N–H and O–H groups in total. The number of aromatic nitrogens is 3. The summed E-state index contributed by atoms with van der Waals surface area (Å²) in [5.74, 6) is 0.678. The lowest BCUT2D eigenvalue weighted by molar-refractivity contribution is 0.507. The van der Waals surface area contributed by atoms with Gasteiger partial charge >= 0.3 is 0 Å². The van der Waals surface area contributed by atoms with E-state index in [1.807, 2.05) is 37.5 Å². The number of anilines is 1. The second-order valence-electron chi connectivity index (χ2n) is 7.12. The quantitative estimate of drug-likeness (QED) is 0.589. The first-order chi connectivity index (χ1) is 13.2. The summed E-state index contributed by atoms with van der Waals surface area (Å²) in [7, 11) is 0. The van der Waals surface area contributed by atoms with Crippen molar-refractivity contribution >= 4 is 22.5 Å². The summed E-state index contributed by atoms with van der Waals surface area (Å²) in [6.07, 6.45) is 7.40. The lowest BCUT2D eigenvalue weighted by Gasteiger charge is -2.22. The summed E-state index contributed by atoms with van der Waals surface area (Å²) in [5.41, 5.74) is 4.58. The second-order valence-corrected chi connectivity index (χ2v) is 7.12. The highest BCUT2D eigenvalue weighted by atomic mass is 15.1. The van der Waals surface area contributed by atoms with E-state index >= 15 is 0 Å². The number of nitrogens with zero attached hydrogens (tertiary/aromatic N) is 3. The molecule has 2 atom stereocenters. The summed E-state index contributed by atoms with van der Waals surface area (Å²) in [5, 5.41) is 8.16. The number of nitrogens with one attached hydrogen (secondary N) is 3. The number of hydrogen-bond acceptors (Lipinski definition) is 4. The van der Waals surface area contributed by atoms with Crippen LogP contribution in [0.3, 0.4) is 0 Å². The number of benzene rings is 1. The minimum absolute atomic E-state index is 0.365. The molecular weight excluding hydrogens is 336 g/mol. The second kappa shape index (κ2) is 7.37. The van der Waals surface area contributed by atoms with Gasteiger partial charge < -0.3 is 15.6 Å². The molecule has 4 rings (SSSR count). The molecule has 27 heavy (non-hydrogen) atoms. The first-order valence-electron chi connectivity index (χ1n) is 9.52. The monoisotopic (exact) mass is 360 g/mol. The number of fused-ring (bicyclic) bond motifs is 1. The van der Waals surface area contributed by atoms with Gasteiger partial charge in [-0.25, -0.2) is 14.8 Å². The van der Waals surface area contributed by atoms with Crippen molar-refractivity contribution in [2.45, 2.75) is 45.2 Å². The van der Waals surface area contributed by atoms with E-state index in [9.17, 15) is 0 Å². The maximum absolute atomic E-state index is 7.18. The maximum Gasteiger partial charge on any atom is 0.223 e. The van der Waals surface area contributed by atoms with E-state index < -0.39 is 0 Å². The molecule has 138 valence electrons. The Morgan fingerprint density at radius 1 is 1.30 bits per heavy atom. The Morgan fingerprint density at radius 2 is 2.15 bits per heavy atom. The molecule has 1 aromatic carbocycles. The minimum atomic E-state index is 0.365. The fourth-order valence-corrected chi connectivity index (χ4v) is 3.97. The molecule has 0 saturated heterocycles. The molecule has 1 aliphatic rings. The van der Waals surface area contributed by atoms with Gasteiger partial charge in [0.1, 0.15) is 0 Å². The van der Waals surface area contributed by atoms with Crippen LogP contribution in [0, 0.1) is 13.5 Å². The van der Waals surface area contributed by atoms with E-state index in [0.717, 1.165) is 40.7 Å². The predicted octanol–water partition coefficient (Wildman–Crippen LogP) is 4.43. The van der Waals surface area contributed by atoms with Crippen molar-refractivity contribution in [1.29, 1.82) is 0 Å². The average molecular weight is 360 g/mol. The molecule has 2 aromatic heterocycles. The fourth-order valence-electron chi connectivity index (χ4n) is 3.97. The Balaban J connectivity index is 1.66. The Kier molecular flexibility index (Phi) is 4.78. The summed E-state index contributed by atoms with van der Waals surface area (Å²) in [4.78, 5) is 16.1. The molecule has 0 radical (unpaired) electrons. The number of aryl methyl sites for hydroxylation is 1. The van der Waals surface area contributed by atoms with Crippen LogP contribution in [0.2, 0.25) is 0 Å². The van der Waals surface area contributed by atoms with Crippen molar-refractivity contribution in [2.75, 3.05) is 11.9 Å². The standard InChI is InChI=1S/C21H24N6/c1-4-23-17-6-5-7-18(17)26-21-25-11-13(2)20(27-21)16-12-24-19-10-14(22-3)8-9-15(16)19/h8-12,17-18,23-24H,4-7H2,1-2H3,(H,25,26,27)/t17-,18-/m0/s1. The van der Waals surface area contributed by atoms with Crippen LogP contribution in [0.5, 0.6) is 0 Å². The van der Waals surface area contributed by atoms with Crippen LogP contribution in [0.25, 0.3) is 27.0 Å². The highest BCUT2D eigenvalue weighted by Crippen LogP contribution is 2.32. The number of rotatable bonds is 5. The normalized spacial score (nSPS) is 19.3. The van der Waals surface area contributed by atoms with Crippen LogP contribution >= 0.6 is 0 Å². The highest BCUT2D eigenvalue weighted by Gasteiger charge is 2.27. The molecule has 1 saturated carbocycles. The van der Waals surface area contributed by atoms with Gasteiger partial charge in [0.05, 0.1) is 12.3 Å². The van der Waals surface area contributed by atoms with Crippen molar-refractivity contribution in [3.8, 4) is 11.3 Å². The lowest BCUT2D eigenvalue weighted by Crippen LogP contribution is -2.40. The van der Waals surface area contributed by atoms with E-state index in [1.54, 1.807) is 0 Å². The first-order valence-corrected chi connectivity index (χ1v) is 9.52. The van der Waals surface area contributed by atoms with Gasteiger partial charge in [0.2, 0.25) is 5.95 Å². The lowest BCUT2D eigenvalue weighted by atomic mass is 10.1. The zero-order chi connectivity index (χ0) is 18.8. The molecule has 0 amide bonds. The summed E-state index contributed by atoms with van der Waals surface area (Å²) >= 11 is 0. The van der Waals surface area contributed by atoms with E-state index in [1.165, 1.54) is 12.8 Å². The molecule has 0 aliphatic heterocycles. The van der Waals surface area contributed by atoms with Gasteiger partial charge in [-0.05, 0) is 44.4 Å². The van der Waals surface area contributed by atoms with E-state index in [0.29, 0.717) is 23.7 Å². The van der Waals surface area contributed by atoms with Gasteiger partial charge in [-0.3, -0.25) is 0 Å². The van der Waals surface area contributed by atoms with Gasteiger partial charge in [-0.15, -0.1) is 0 Å². The van der Waals surface area contributed by atoms with Crippen LogP contribution in [0.1, 0.15) is 31.7 Å². The van der Waals surface area contributed by atoms with Crippen LogP contribution in [-0.4, -0.2) is 33.6 Å². The van der Waals surface area contributed by atoms with Crippen molar-refractivity contribution in [3.63, 3.8) is 0 Å². The van der Waals surface area contributed by atoms with Crippen LogP contribution < -0.4 is 10.6 Å². The van der Waals surface area contributed by atoms with Crippen molar-refractivity contribution in [3.05, 3.63) is 47.6 Å². The van der Waals surface area contributed by atoms with Crippen molar-refractivity contribution < 1.29 is 0 Å². The summed E-state index contributed by atoms with van der Waals surface area (Å²) < 4.78 is 0. The molecule has 6 nitrogen and oxygen atoms in total. The Morgan fingerprint density at radius 3 is 2.96 bits per heavy atom. The predicted molar refractivity (Wildman–Crippen MR) is 109 cm³/mol. The number of H-pyrrole nitrogens is 1. The van der Waals surface area contributed by atoms with Gasteiger partial charge in [-0.1, -0.05) is 19.1 Å². The van der Waals surface area contributed by atoms with E-state index in [-0.39, 0.29) is 0 Å². The number of aromatic amines is 1. The molecular formula is C21H24N6. The molecule has 0 spiro atoms. The SMILES string of the molecule is [C-]#[N+]c1ccc2c(-c3nc(N[C@H]4CCC[C@@H]4NCC)ncc3C)c[nH]c2c1. The molecule has 1 fully saturated rings. The molecule has 3 aromatic rings. The molecule has 0 unspecified atom stereocenters. The Labute approximate surface area is 159 Å². The topological polar surface area (TPSA) is 70.0 Å². The van der Waals surface area contributed by atoms with Crippen LogP contribution in [0.15, 0.2) is 30.6 Å². The molecule has 0 bridgehead atoms. The first kappa shape index (κ1) is 17.5. The smallest absolute Gasteiger partial charge is 0.223 e. The maximum atomic E-state index is 7.18. The number of likely N-dealkylation sites (N-methyl/N-ethyl adjacent to an activating group) is 1. The summed E-state index contributed by atoms with van der Waals surface area (Å²) in [6, 6.07) is 6.55. The molecule has 6 heteroatoms. The fraction of sp³-hybridized carbons (Fsp3) is 0.381. The van der Waals surface area contributed by atoms with Crippen molar-refractivity contribution in [2.24, 2.45) is 0 Å². The third-order valence-electron chi connectivity index (χ3n) is 5.32. The van der Waals surface area contributed by atoms with E-state index in [2.05, 4.69) is 32.4 Å². The van der Waals surface area contributed by atoms with Gasteiger partial charge in [0.25, 0.3) is 0 Å². The third-order valence-corrected chi connectivity index (χ3v) is 5.32. The van der Waals surface area contributed by atoms with Crippen LogP contribution in [-0.2, 0) is 0 Å². The number of hydrogen-bond donors (Lipinski definition) is 3. The van der Waals surface area contributed by atoms with Crippen LogP contribution in [0.4, 0.5) is 11.6 Å². The molecule has 2 heterocycles. The third kappa shape index (κ3) is 3.38. The zero-order valence-electron chi connectivity index (χ0n) is 15.7. The van der Waals surface area contributed by atoms with Gasteiger partial charge in [0, 0.05) is 40.9 Å². The average Bonchev–Trinajstić information content (AvgIpc) is 3.30. The zero-order valence-corrected chi connectivity index (χ0v) is 15.7. The Hall–Kier alpha value is -2.91.